The van der Waals surface area contributed by atoms with E-state index in [1.807, 2.05) is 0 Å². The van der Waals surface area contributed by atoms with E-state index in [1.54, 1.807) is 0 Å². The summed E-state index contributed by atoms with van der Waals surface area (Å²) >= 11 is 0. The van der Waals surface area contributed by atoms with Gasteiger partial charge in [-0.05, 0) is 191 Å². The average molecular weight is 1670 g/mol. The Morgan fingerprint density at radius 3 is 0.831 bits per heavy atom. The molecule has 0 N–H and O–H groups in total. The molecule has 0 fully saturated rings. The summed E-state index contributed by atoms with van der Waals surface area (Å²) in [7, 11) is 0. The van der Waals surface area contributed by atoms with Crippen LogP contribution in [0.3, 0.4) is 0 Å². The number of para-hydroxylation sites is 10. The number of anilines is 18. The van der Waals surface area contributed by atoms with E-state index in [9.17, 15) is 0 Å². The zero-order valence-electron chi connectivity index (χ0n) is 73.7. The van der Waals surface area contributed by atoms with E-state index in [0.29, 0.717) is 0 Å². The molecule has 130 heavy (non-hydrogen) atoms. The fourth-order valence-corrected chi connectivity index (χ4v) is 20.9. The van der Waals surface area contributed by atoms with Crippen molar-refractivity contribution in [2.24, 2.45) is 0 Å². The summed E-state index contributed by atoms with van der Waals surface area (Å²) in [5.41, 5.74) is 42.0. The Labute approximate surface area is 764 Å². The highest BCUT2D eigenvalue weighted by molar-refractivity contribution is 7.03. The SMILES string of the molecule is CC(C)(C)c1ccc(-c2cccc(-c3ccc(C(C)(C)C)cc3)c2N2c3cc4c(cc3B3c5ccccc5N(c5ccccc5)c5cc(N(c6ccccc6)c6ccccc6)cc2c53)B2c3ccccc3N(c3c(-c5ccccc5)cccc3-c3ccccc3)c3cc(N(c5ccccc5)c5c(-c6ccccc6)cccc5-c5ccccc5)cc(c32)N4c2ccccc2)cc1. The molecule has 0 amide bonds. The number of benzene rings is 19. The lowest BCUT2D eigenvalue weighted by Crippen LogP contribution is -2.65. The molecule has 0 atom stereocenters. The molecule has 0 saturated carbocycles. The highest BCUT2D eigenvalue weighted by Gasteiger charge is 2.50. The van der Waals surface area contributed by atoms with Gasteiger partial charge in [-0.2, -0.15) is 0 Å². The molecular weight excluding hydrogens is 1570 g/mol. The van der Waals surface area contributed by atoms with Crippen molar-refractivity contribution in [3.63, 3.8) is 0 Å². The van der Waals surface area contributed by atoms with E-state index < -0.39 is 0 Å². The van der Waals surface area contributed by atoms with E-state index in [0.717, 1.165) is 169 Å². The maximum atomic E-state index is 2.74. The first-order valence-corrected chi connectivity index (χ1v) is 45.4. The maximum Gasteiger partial charge on any atom is 0.252 e. The molecule has 0 saturated heterocycles. The van der Waals surface area contributed by atoms with E-state index in [2.05, 4.69) is 532 Å². The topological polar surface area (TPSA) is 19.4 Å². The second-order valence-corrected chi connectivity index (χ2v) is 36.7. The van der Waals surface area contributed by atoms with Crippen molar-refractivity contribution in [2.45, 2.75) is 52.4 Å². The normalized spacial score (nSPS) is 12.8. The van der Waals surface area contributed by atoms with Gasteiger partial charge in [0, 0.05) is 107 Å². The lowest BCUT2D eigenvalue weighted by Gasteiger charge is -2.48. The molecule has 8 heteroatoms. The Hall–Kier alpha value is -15.9. The van der Waals surface area contributed by atoms with Gasteiger partial charge in [-0.15, -0.1) is 0 Å². The molecular formula is C122H94B2N6. The minimum atomic E-state index is -0.357. The number of nitrogens with zero attached hydrogens (tertiary/aromatic N) is 6. The second kappa shape index (κ2) is 32.2. The van der Waals surface area contributed by atoms with Crippen molar-refractivity contribution < 1.29 is 0 Å². The number of fused-ring (bicyclic) bond motifs is 8. The summed E-state index contributed by atoms with van der Waals surface area (Å²) in [5, 5.41) is 0. The van der Waals surface area contributed by atoms with Crippen molar-refractivity contribution in [1.29, 1.82) is 0 Å². The second-order valence-electron chi connectivity index (χ2n) is 36.7. The zero-order valence-corrected chi connectivity index (χ0v) is 73.7. The minimum absolute atomic E-state index is 0.0982. The predicted molar refractivity (Wildman–Crippen MR) is 554 cm³/mol. The van der Waals surface area contributed by atoms with E-state index in [-0.39, 0.29) is 24.3 Å². The van der Waals surface area contributed by atoms with Gasteiger partial charge in [0.05, 0.1) is 28.4 Å². The quantitative estimate of drug-likeness (QED) is 0.0892. The van der Waals surface area contributed by atoms with Crippen LogP contribution in [0.25, 0.3) is 66.8 Å². The smallest absolute Gasteiger partial charge is 0.252 e. The highest BCUT2D eigenvalue weighted by Crippen LogP contribution is 2.58. The molecule has 0 spiro atoms. The molecule has 0 unspecified atom stereocenters. The van der Waals surface area contributed by atoms with Gasteiger partial charge >= 0.3 is 0 Å². The van der Waals surface area contributed by atoms with Crippen LogP contribution in [0.4, 0.5) is 102 Å². The molecule has 4 aliphatic heterocycles. The van der Waals surface area contributed by atoms with Crippen molar-refractivity contribution in [3.05, 3.63) is 472 Å². The van der Waals surface area contributed by atoms with Crippen molar-refractivity contribution >= 4 is 149 Å². The molecule has 0 radical (unpaired) electrons. The van der Waals surface area contributed by atoms with Gasteiger partial charge in [-0.25, -0.2) is 0 Å². The average Bonchev–Trinajstić information content (AvgIpc) is 0.677. The Morgan fingerprint density at radius 1 is 0.192 bits per heavy atom. The Morgan fingerprint density at radius 2 is 0.462 bits per heavy atom. The van der Waals surface area contributed by atoms with Gasteiger partial charge in [0.15, 0.2) is 0 Å². The van der Waals surface area contributed by atoms with E-state index >= 15 is 0 Å². The maximum absolute atomic E-state index is 2.74. The van der Waals surface area contributed by atoms with Crippen LogP contribution in [0.2, 0.25) is 0 Å². The van der Waals surface area contributed by atoms with Crippen LogP contribution < -0.4 is 62.2 Å². The molecule has 4 heterocycles. The predicted octanol–water partition coefficient (Wildman–Crippen LogP) is 29.4. The summed E-state index contributed by atoms with van der Waals surface area (Å²) in [6.45, 7) is 13.2. The van der Waals surface area contributed by atoms with Gasteiger partial charge in [0.25, 0.3) is 13.4 Å². The molecule has 0 aromatic heterocycles. The zero-order chi connectivity index (χ0) is 87.3. The largest absolute Gasteiger partial charge is 0.311 e. The Balaban J connectivity index is 0.894. The van der Waals surface area contributed by atoms with Crippen LogP contribution in [0.1, 0.15) is 52.7 Å². The summed E-state index contributed by atoms with van der Waals surface area (Å²) in [6.07, 6.45) is 0. The first-order chi connectivity index (χ1) is 63.8. The molecule has 19 aromatic carbocycles. The number of hydrogen-bond acceptors (Lipinski definition) is 6. The summed E-state index contributed by atoms with van der Waals surface area (Å²) in [5.74, 6) is 0. The fourth-order valence-electron chi connectivity index (χ4n) is 20.9. The molecule has 6 nitrogen and oxygen atoms in total. The molecule has 4 aliphatic rings. The van der Waals surface area contributed by atoms with Crippen LogP contribution in [-0.2, 0) is 10.8 Å². The number of rotatable bonds is 16. The summed E-state index contributed by atoms with van der Waals surface area (Å²) in [4.78, 5) is 15.7. The molecule has 0 bridgehead atoms. The standard InChI is InChI=1S/C122H94B2N6/c1-121(2,3)89-73-69-87(70-74-89)102-63-40-64-103(88-71-75-90(76-72-88)122(4,5)6)120(102)130-111-82-110-106(81-107(111)123-104-65-34-36-67-108(104)127(94-55-30-14-31-56-94)112-77-96(78-115(130)116(112)123)125(91-49-24-11-25-50-91)92-51-26-12-27-52-92)124-105-66-35-37-68-109(105)129(119-100(85-45-20-9-21-46-85)61-39-62-101(119)86-47-22-10-23-48-86)114-80-97(79-113(117(114)124)128(110)95-57-32-15-33-58-95)126(93-53-28-13-29-54-93)118-98(83-41-16-7-17-42-83)59-38-60-99(118)84-43-18-8-19-44-84/h7-82H,1-6H3. The van der Waals surface area contributed by atoms with E-state index in [1.165, 1.54) is 43.9 Å². The fraction of sp³-hybridized carbons (Fsp3) is 0.0656. The van der Waals surface area contributed by atoms with Gasteiger partial charge in [0.1, 0.15) is 0 Å². The third-order valence-electron chi connectivity index (χ3n) is 26.9. The first kappa shape index (κ1) is 78.8. The van der Waals surface area contributed by atoms with Crippen LogP contribution >= 0.6 is 0 Å². The lowest BCUT2D eigenvalue weighted by molar-refractivity contribution is 0.590. The van der Waals surface area contributed by atoms with Crippen LogP contribution in [0, 0.1) is 0 Å². The third kappa shape index (κ3) is 13.5. The summed E-state index contributed by atoms with van der Waals surface area (Å²) in [6, 6.07) is 174. The van der Waals surface area contributed by atoms with Crippen LogP contribution in [0.15, 0.2) is 461 Å². The molecule has 23 rings (SSSR count). The van der Waals surface area contributed by atoms with Gasteiger partial charge in [-0.1, -0.05) is 399 Å². The van der Waals surface area contributed by atoms with Crippen LogP contribution in [-0.4, -0.2) is 13.4 Å². The van der Waals surface area contributed by atoms with E-state index in [4.69, 9.17) is 0 Å². The van der Waals surface area contributed by atoms with Gasteiger partial charge in [-0.3, -0.25) is 0 Å². The Bertz CT molecular complexity index is 7250. The third-order valence-corrected chi connectivity index (χ3v) is 26.9. The monoisotopic (exact) mass is 1660 g/mol. The highest BCUT2D eigenvalue weighted by atomic mass is 15.2. The molecule has 19 aromatic rings. The molecule has 618 valence electrons. The van der Waals surface area contributed by atoms with Crippen molar-refractivity contribution in [2.75, 3.05) is 29.4 Å². The molecule has 0 aliphatic carbocycles. The van der Waals surface area contributed by atoms with Crippen LogP contribution in [0.5, 0.6) is 0 Å². The number of hydrogen-bond donors (Lipinski definition) is 0. The summed E-state index contributed by atoms with van der Waals surface area (Å²) < 4.78 is 0. The Kier molecular flexibility index (Phi) is 19.5. The van der Waals surface area contributed by atoms with Crippen molar-refractivity contribution in [3.8, 4) is 66.8 Å². The van der Waals surface area contributed by atoms with Crippen molar-refractivity contribution in [1.82, 2.24) is 0 Å². The van der Waals surface area contributed by atoms with Gasteiger partial charge < -0.3 is 29.4 Å². The minimum Gasteiger partial charge on any atom is -0.311 e. The first-order valence-electron chi connectivity index (χ1n) is 45.4. The van der Waals surface area contributed by atoms with Gasteiger partial charge in [0.2, 0.25) is 0 Å². The lowest BCUT2D eigenvalue weighted by atomic mass is 9.30.